The zero-order chi connectivity index (χ0) is 20.3. The van der Waals surface area contributed by atoms with Crippen LogP contribution in [-0.2, 0) is 20.7 Å². The minimum atomic E-state index is -0.658. The van der Waals surface area contributed by atoms with Gasteiger partial charge in [0.1, 0.15) is 29.0 Å². The molecule has 2 bridgehead atoms. The molecule has 1 atom stereocenters. The average Bonchev–Trinajstić information content (AvgIpc) is 2.67. The van der Waals surface area contributed by atoms with E-state index in [0.717, 1.165) is 11.1 Å². The third-order valence-electron chi connectivity index (χ3n) is 4.55. The highest BCUT2D eigenvalue weighted by atomic mass is 19.1. The topological polar surface area (TPSA) is 91.2 Å². The third kappa shape index (κ3) is 4.21. The number of rotatable bonds is 3. The quantitative estimate of drug-likeness (QED) is 0.770. The normalized spacial score (nSPS) is 25.3. The molecule has 1 aromatic rings. The number of hydrogen-bond donors (Lipinski definition) is 2. The Morgan fingerprint density at radius 3 is 2.79 bits per heavy atom. The summed E-state index contributed by atoms with van der Waals surface area (Å²) in [5, 5.41) is 12.7. The summed E-state index contributed by atoms with van der Waals surface area (Å²) in [5.74, 6) is -1.36. The molecule has 0 spiro atoms. The van der Waals surface area contributed by atoms with Crippen LogP contribution in [0.5, 0.6) is 0 Å². The van der Waals surface area contributed by atoms with E-state index in [0.29, 0.717) is 12.2 Å². The number of likely N-dealkylation sites (N-methyl/N-ethyl adjacent to an activating group) is 1. The molecule has 3 rings (SSSR count). The molecule has 2 N–H and O–H groups in total. The van der Waals surface area contributed by atoms with Crippen LogP contribution in [0.4, 0.5) is 4.39 Å². The number of aliphatic hydroxyl groups excluding tert-OH is 1. The Bertz CT molecular complexity index is 874. The van der Waals surface area contributed by atoms with E-state index in [-0.39, 0.29) is 42.9 Å². The number of carbonyl (C=O) groups is 2. The van der Waals surface area contributed by atoms with E-state index in [1.165, 1.54) is 24.1 Å². The number of hydrogen-bond acceptors (Lipinski definition) is 5. The number of halogens is 1. The van der Waals surface area contributed by atoms with Crippen molar-refractivity contribution in [2.75, 3.05) is 26.7 Å². The number of fused-ring (bicyclic) bond motifs is 2. The van der Waals surface area contributed by atoms with Crippen molar-refractivity contribution in [1.29, 1.82) is 0 Å². The Morgan fingerprint density at radius 1 is 1.39 bits per heavy atom. The molecule has 0 radical (unpaired) electrons. The maximum Gasteiger partial charge on any atom is 0.263 e. The molecule has 28 heavy (non-hydrogen) atoms. The van der Waals surface area contributed by atoms with Gasteiger partial charge in [-0.05, 0) is 24.6 Å². The van der Waals surface area contributed by atoms with Crippen molar-refractivity contribution in [3.8, 4) is 0 Å². The minimum Gasteiger partial charge on any atom is -0.509 e. The number of aliphatic hydroxyl groups is 1. The first-order valence-corrected chi connectivity index (χ1v) is 8.95. The van der Waals surface area contributed by atoms with E-state index >= 15 is 0 Å². The Balaban J connectivity index is 2.01. The van der Waals surface area contributed by atoms with Crippen molar-refractivity contribution in [3.63, 3.8) is 0 Å². The van der Waals surface area contributed by atoms with Gasteiger partial charge in [0.25, 0.3) is 11.8 Å². The van der Waals surface area contributed by atoms with Crippen LogP contribution in [0.2, 0.25) is 0 Å². The molecule has 0 aliphatic carbocycles. The molecular weight excluding hydrogens is 365 g/mol. The molecule has 1 aromatic carbocycles. The lowest BCUT2D eigenvalue weighted by atomic mass is 10.0. The lowest BCUT2D eigenvalue weighted by Crippen LogP contribution is -2.47. The summed E-state index contributed by atoms with van der Waals surface area (Å²) in [6, 6.07) is 6.10. The van der Waals surface area contributed by atoms with Crippen LogP contribution < -0.4 is 5.32 Å². The van der Waals surface area contributed by atoms with Crippen molar-refractivity contribution in [1.82, 2.24) is 10.2 Å². The summed E-state index contributed by atoms with van der Waals surface area (Å²) in [7, 11) is 1.39. The Labute approximate surface area is 162 Å². The highest BCUT2D eigenvalue weighted by Crippen LogP contribution is 2.23. The van der Waals surface area contributed by atoms with E-state index in [9.17, 15) is 19.1 Å². The smallest absolute Gasteiger partial charge is 0.263 e. The molecule has 2 aliphatic rings. The first-order valence-electron chi connectivity index (χ1n) is 8.95. The van der Waals surface area contributed by atoms with Crippen molar-refractivity contribution >= 4 is 18.0 Å². The van der Waals surface area contributed by atoms with Crippen LogP contribution in [0.25, 0.3) is 0 Å². The monoisotopic (exact) mass is 387 g/mol. The summed E-state index contributed by atoms with van der Waals surface area (Å²) >= 11 is 0. The number of amides is 2. The average molecular weight is 387 g/mol. The van der Waals surface area contributed by atoms with Gasteiger partial charge in [-0.2, -0.15) is 0 Å². The van der Waals surface area contributed by atoms with Gasteiger partial charge in [0.2, 0.25) is 0 Å². The van der Waals surface area contributed by atoms with Crippen molar-refractivity contribution in [2.24, 2.45) is 4.99 Å². The molecule has 1 fully saturated rings. The zero-order valence-electron chi connectivity index (χ0n) is 15.7. The standard InChI is InChI=1S/C20H22FN3O4/c1-12-10-24-11-17(28-12)14(7-13-3-5-15(21)6-4-13)8-23-9-16(25)18(20(24)27)19(26)22-2/h3-6,8,12,25H,7,9-11H2,1-2H3,(H,22,26)/b17-14+,18-16+,23-8?. The predicted octanol–water partition coefficient (Wildman–Crippen LogP) is 1.51. The van der Waals surface area contributed by atoms with Crippen molar-refractivity contribution in [2.45, 2.75) is 19.4 Å². The number of aliphatic imine (C=N–C) groups is 1. The Hall–Kier alpha value is -3.16. The van der Waals surface area contributed by atoms with Crippen LogP contribution in [0.3, 0.4) is 0 Å². The highest BCUT2D eigenvalue weighted by Gasteiger charge is 2.33. The maximum absolute atomic E-state index is 13.2. The number of carbonyl (C=O) groups excluding carboxylic acids is 2. The lowest BCUT2D eigenvalue weighted by molar-refractivity contribution is -0.133. The molecule has 0 aromatic heterocycles. The summed E-state index contributed by atoms with van der Waals surface area (Å²) in [4.78, 5) is 30.7. The molecule has 2 heterocycles. The van der Waals surface area contributed by atoms with Gasteiger partial charge in [0.05, 0.1) is 19.6 Å². The molecule has 2 aliphatic heterocycles. The highest BCUT2D eigenvalue weighted by molar-refractivity contribution is 6.18. The molecule has 2 amide bonds. The molecule has 0 saturated carbocycles. The van der Waals surface area contributed by atoms with Gasteiger partial charge < -0.3 is 20.1 Å². The Morgan fingerprint density at radius 2 is 2.11 bits per heavy atom. The van der Waals surface area contributed by atoms with Gasteiger partial charge >= 0.3 is 0 Å². The number of nitrogens with zero attached hydrogens (tertiary/aromatic N) is 2. The summed E-state index contributed by atoms with van der Waals surface area (Å²) in [6.07, 6.45) is 1.71. The van der Waals surface area contributed by atoms with Crippen molar-refractivity contribution < 1.29 is 23.8 Å². The molecule has 8 heteroatoms. The van der Waals surface area contributed by atoms with E-state index in [1.807, 2.05) is 6.92 Å². The van der Waals surface area contributed by atoms with E-state index in [4.69, 9.17) is 4.74 Å². The van der Waals surface area contributed by atoms with Crippen LogP contribution in [0.15, 0.2) is 51.9 Å². The zero-order valence-corrected chi connectivity index (χ0v) is 15.7. The largest absolute Gasteiger partial charge is 0.509 e. The number of allylic oxidation sites excluding steroid dienone is 1. The van der Waals surface area contributed by atoms with Gasteiger partial charge in [-0.3, -0.25) is 14.6 Å². The van der Waals surface area contributed by atoms with Gasteiger partial charge in [-0.1, -0.05) is 12.1 Å². The number of ether oxygens (including phenoxy) is 1. The van der Waals surface area contributed by atoms with Gasteiger partial charge in [0.15, 0.2) is 0 Å². The molecule has 1 saturated heterocycles. The number of nitrogens with one attached hydrogen (secondary N) is 1. The number of benzene rings is 1. The fourth-order valence-corrected chi connectivity index (χ4v) is 3.19. The van der Waals surface area contributed by atoms with Crippen LogP contribution in [0.1, 0.15) is 12.5 Å². The van der Waals surface area contributed by atoms with E-state index in [2.05, 4.69) is 10.3 Å². The third-order valence-corrected chi connectivity index (χ3v) is 4.55. The summed E-state index contributed by atoms with van der Waals surface area (Å²) in [5.41, 5.74) is 1.28. The minimum absolute atomic E-state index is 0.152. The molecule has 1 unspecified atom stereocenters. The van der Waals surface area contributed by atoms with Crippen LogP contribution >= 0.6 is 0 Å². The maximum atomic E-state index is 13.2. The van der Waals surface area contributed by atoms with Crippen molar-refractivity contribution in [3.05, 3.63) is 58.3 Å². The SMILES string of the molecule is CNC(=O)/C1=C(\O)CN=C/C(Cc2ccc(F)cc2)=C2\CN(CC(C)O2)C1=O. The number of morpholine rings is 1. The van der Waals surface area contributed by atoms with E-state index in [1.54, 1.807) is 18.3 Å². The van der Waals surface area contributed by atoms with Crippen LogP contribution in [0, 0.1) is 5.82 Å². The summed E-state index contributed by atoms with van der Waals surface area (Å²) in [6.45, 7) is 2.05. The Kier molecular flexibility index (Phi) is 5.77. The first kappa shape index (κ1) is 19.6. The molecule has 7 nitrogen and oxygen atoms in total. The fraction of sp³-hybridized carbons (Fsp3) is 0.350. The predicted molar refractivity (Wildman–Crippen MR) is 101 cm³/mol. The lowest BCUT2D eigenvalue weighted by Gasteiger charge is -2.35. The molecule has 148 valence electrons. The van der Waals surface area contributed by atoms with Gasteiger partial charge in [0, 0.05) is 25.3 Å². The second-order valence-corrected chi connectivity index (χ2v) is 6.74. The summed E-state index contributed by atoms with van der Waals surface area (Å²) < 4.78 is 19.1. The first-order chi connectivity index (χ1) is 13.4. The van der Waals surface area contributed by atoms with E-state index < -0.39 is 11.8 Å². The molecular formula is C20H22FN3O4. The second kappa shape index (κ2) is 8.24. The van der Waals surface area contributed by atoms with Gasteiger partial charge in [-0.15, -0.1) is 0 Å². The van der Waals surface area contributed by atoms with Crippen LogP contribution in [-0.4, -0.2) is 60.8 Å². The van der Waals surface area contributed by atoms with Gasteiger partial charge in [-0.25, -0.2) is 4.39 Å². The second-order valence-electron chi connectivity index (χ2n) is 6.74. The fourth-order valence-electron chi connectivity index (χ4n) is 3.19.